The van der Waals surface area contributed by atoms with Gasteiger partial charge in [0.05, 0.1) is 17.4 Å². The van der Waals surface area contributed by atoms with Crippen LogP contribution in [-0.4, -0.2) is 36.7 Å². The van der Waals surface area contributed by atoms with E-state index in [2.05, 4.69) is 4.72 Å². The number of nitrogens with one attached hydrogen (secondary N) is 1. The van der Waals surface area contributed by atoms with Crippen molar-refractivity contribution < 1.29 is 23.4 Å². The van der Waals surface area contributed by atoms with Gasteiger partial charge in [-0.15, -0.1) is 0 Å². The zero-order valence-corrected chi connectivity index (χ0v) is 14.6. The number of allylic oxidation sites excluding steroid dienone is 1. The average molecular weight is 365 g/mol. The topological polar surface area (TPSA) is 104 Å². The number of sulfonamides is 1. The van der Waals surface area contributed by atoms with Crippen LogP contribution >= 0.6 is 0 Å². The summed E-state index contributed by atoms with van der Waals surface area (Å²) >= 11 is 0. The minimum absolute atomic E-state index is 0.0164. The lowest BCUT2D eigenvalue weighted by Crippen LogP contribution is -2.46. The van der Waals surface area contributed by atoms with E-state index in [1.807, 2.05) is 0 Å². The van der Waals surface area contributed by atoms with Crippen molar-refractivity contribution in [3.8, 4) is 0 Å². The molecule has 2 bridgehead atoms. The van der Waals surface area contributed by atoms with Crippen molar-refractivity contribution in [3.05, 3.63) is 42.5 Å². The van der Waals surface area contributed by atoms with E-state index in [0.29, 0.717) is 12.8 Å². The zero-order chi connectivity index (χ0) is 18.0. The van der Waals surface area contributed by atoms with Gasteiger partial charge in [-0.1, -0.05) is 30.4 Å². The first-order valence-electron chi connectivity index (χ1n) is 8.50. The molecule has 0 saturated heterocycles. The Balaban J connectivity index is 1.74. The highest BCUT2D eigenvalue weighted by Crippen LogP contribution is 2.50. The van der Waals surface area contributed by atoms with Crippen molar-refractivity contribution in [1.82, 2.24) is 4.72 Å². The first-order chi connectivity index (χ1) is 11.9. The van der Waals surface area contributed by atoms with Crippen LogP contribution < -0.4 is 4.72 Å². The molecule has 0 unspecified atom stereocenters. The maximum atomic E-state index is 12.6. The van der Waals surface area contributed by atoms with Crippen LogP contribution in [0.15, 0.2) is 47.4 Å². The monoisotopic (exact) mass is 365 g/mol. The number of hydrogen-bond acceptors (Lipinski definition) is 4. The number of carboxylic acids is 1. The van der Waals surface area contributed by atoms with Crippen LogP contribution in [0.5, 0.6) is 0 Å². The molecule has 5 atom stereocenters. The van der Waals surface area contributed by atoms with Crippen LogP contribution in [-0.2, 0) is 14.8 Å². The van der Waals surface area contributed by atoms with Crippen LogP contribution in [0.2, 0.25) is 0 Å². The second kappa shape index (κ2) is 7.27. The van der Waals surface area contributed by atoms with Crippen molar-refractivity contribution in [3.63, 3.8) is 0 Å². The lowest BCUT2D eigenvalue weighted by atomic mass is 9.81. The average Bonchev–Trinajstić information content (AvgIpc) is 3.09. The summed E-state index contributed by atoms with van der Waals surface area (Å²) in [5, 5.41) is 18.9. The van der Waals surface area contributed by atoms with Crippen LogP contribution in [0.3, 0.4) is 0 Å². The van der Waals surface area contributed by atoms with E-state index in [1.54, 1.807) is 42.5 Å². The lowest BCUT2D eigenvalue weighted by Gasteiger charge is -2.33. The SMILES string of the molecule is O=C(O)C/C=C\C[C@H]1[C@H]2C[C@H](C[C@@H]2O)[C@@H]1NS(=O)(=O)c1ccccc1. The third-order valence-corrected chi connectivity index (χ3v) is 6.82. The summed E-state index contributed by atoms with van der Waals surface area (Å²) in [6.45, 7) is 0. The van der Waals surface area contributed by atoms with Crippen LogP contribution in [0.25, 0.3) is 0 Å². The van der Waals surface area contributed by atoms with Crippen molar-refractivity contribution in [2.75, 3.05) is 0 Å². The molecule has 1 aromatic rings. The van der Waals surface area contributed by atoms with Crippen molar-refractivity contribution in [1.29, 1.82) is 0 Å². The summed E-state index contributed by atoms with van der Waals surface area (Å²) in [5.41, 5.74) is 0. The molecular weight excluding hydrogens is 342 g/mol. The highest BCUT2D eigenvalue weighted by molar-refractivity contribution is 7.89. The molecule has 2 aliphatic rings. The van der Waals surface area contributed by atoms with Gasteiger partial charge in [0, 0.05) is 6.04 Å². The van der Waals surface area contributed by atoms with E-state index in [-0.39, 0.29) is 35.1 Å². The lowest BCUT2D eigenvalue weighted by molar-refractivity contribution is -0.136. The Labute approximate surface area is 147 Å². The minimum Gasteiger partial charge on any atom is -0.481 e. The number of carbonyl (C=O) groups is 1. The summed E-state index contributed by atoms with van der Waals surface area (Å²) in [6.07, 6.45) is 4.90. The fourth-order valence-corrected chi connectivity index (χ4v) is 5.62. The molecule has 2 aliphatic carbocycles. The third kappa shape index (κ3) is 3.94. The second-order valence-corrected chi connectivity index (χ2v) is 8.61. The summed E-state index contributed by atoms with van der Waals surface area (Å²) < 4.78 is 28.1. The zero-order valence-electron chi connectivity index (χ0n) is 13.8. The van der Waals surface area contributed by atoms with E-state index in [9.17, 15) is 18.3 Å². The highest BCUT2D eigenvalue weighted by atomic mass is 32.2. The van der Waals surface area contributed by atoms with Gasteiger partial charge in [-0.25, -0.2) is 13.1 Å². The Morgan fingerprint density at radius 1 is 1.20 bits per heavy atom. The van der Waals surface area contributed by atoms with Gasteiger partial charge < -0.3 is 10.2 Å². The molecule has 2 saturated carbocycles. The maximum absolute atomic E-state index is 12.6. The van der Waals surface area contributed by atoms with Gasteiger partial charge in [0.1, 0.15) is 0 Å². The molecule has 25 heavy (non-hydrogen) atoms. The molecule has 0 radical (unpaired) electrons. The Bertz CT molecular complexity index is 746. The standard InChI is InChI=1S/C18H23NO5S/c20-16-11-12-10-15(16)14(8-4-5-9-17(21)22)18(12)19-25(23,24)13-6-2-1-3-7-13/h1-7,12,14-16,18-20H,8-11H2,(H,21,22)/b5-4-/t12-,14+,15-,16+,18+/m1/s1. The molecule has 3 N–H and O–H groups in total. The predicted molar refractivity (Wildman–Crippen MR) is 92.3 cm³/mol. The molecule has 6 nitrogen and oxygen atoms in total. The molecule has 1 aromatic carbocycles. The fourth-order valence-electron chi connectivity index (χ4n) is 4.25. The number of aliphatic carboxylic acids is 1. The number of aliphatic hydroxyl groups is 1. The van der Waals surface area contributed by atoms with Gasteiger partial charge in [-0.2, -0.15) is 0 Å². The number of hydrogen-bond donors (Lipinski definition) is 3. The third-order valence-electron chi connectivity index (χ3n) is 5.34. The minimum atomic E-state index is -3.61. The Morgan fingerprint density at radius 2 is 1.92 bits per heavy atom. The molecule has 2 fully saturated rings. The number of carboxylic acid groups (broad SMARTS) is 1. The molecule has 136 valence electrons. The fraction of sp³-hybridized carbons (Fsp3) is 0.500. The predicted octanol–water partition coefficient (Wildman–Crippen LogP) is 1.77. The normalized spacial score (nSPS) is 31.6. The summed E-state index contributed by atoms with van der Waals surface area (Å²) in [6, 6.07) is 8.03. The molecule has 0 heterocycles. The number of fused-ring (bicyclic) bond motifs is 2. The molecule has 0 spiro atoms. The highest BCUT2D eigenvalue weighted by Gasteiger charge is 2.52. The van der Waals surface area contributed by atoms with Gasteiger partial charge >= 0.3 is 5.97 Å². The second-order valence-electron chi connectivity index (χ2n) is 6.89. The summed E-state index contributed by atoms with van der Waals surface area (Å²) in [5.74, 6) is -0.734. The van der Waals surface area contributed by atoms with Crippen molar-refractivity contribution in [2.24, 2.45) is 17.8 Å². The number of rotatable bonds is 7. The van der Waals surface area contributed by atoms with Crippen molar-refractivity contribution in [2.45, 2.75) is 42.7 Å². The van der Waals surface area contributed by atoms with Gasteiger partial charge in [-0.3, -0.25) is 4.79 Å². The van der Waals surface area contributed by atoms with Gasteiger partial charge in [0.2, 0.25) is 10.0 Å². The molecule has 3 rings (SSSR count). The quantitative estimate of drug-likeness (QED) is 0.639. The first kappa shape index (κ1) is 18.1. The smallest absolute Gasteiger partial charge is 0.307 e. The molecule has 0 amide bonds. The van der Waals surface area contributed by atoms with Crippen LogP contribution in [0.1, 0.15) is 25.7 Å². The summed E-state index contributed by atoms with van der Waals surface area (Å²) in [7, 11) is -3.61. The Hall–Kier alpha value is -1.70. The van der Waals surface area contributed by atoms with E-state index >= 15 is 0 Å². The number of benzene rings is 1. The Kier molecular flexibility index (Phi) is 5.27. The van der Waals surface area contributed by atoms with E-state index < -0.39 is 22.1 Å². The van der Waals surface area contributed by atoms with Crippen LogP contribution in [0.4, 0.5) is 0 Å². The summed E-state index contributed by atoms with van der Waals surface area (Å²) in [4.78, 5) is 10.8. The van der Waals surface area contributed by atoms with Gasteiger partial charge in [0.25, 0.3) is 0 Å². The van der Waals surface area contributed by atoms with Crippen LogP contribution in [0, 0.1) is 17.8 Å². The van der Waals surface area contributed by atoms with Crippen molar-refractivity contribution >= 4 is 16.0 Å². The van der Waals surface area contributed by atoms with E-state index in [1.165, 1.54) is 0 Å². The van der Waals surface area contributed by atoms with E-state index in [4.69, 9.17) is 5.11 Å². The van der Waals surface area contributed by atoms with Gasteiger partial charge in [-0.05, 0) is 49.1 Å². The number of aliphatic hydroxyl groups excluding tert-OH is 1. The Morgan fingerprint density at radius 3 is 2.60 bits per heavy atom. The molecule has 0 aliphatic heterocycles. The molecule has 0 aromatic heterocycles. The largest absolute Gasteiger partial charge is 0.481 e. The molecule has 7 heteroatoms. The first-order valence-corrected chi connectivity index (χ1v) is 9.99. The van der Waals surface area contributed by atoms with Gasteiger partial charge in [0.15, 0.2) is 0 Å². The maximum Gasteiger partial charge on any atom is 0.307 e. The molecular formula is C18H23NO5S. The van der Waals surface area contributed by atoms with E-state index in [0.717, 1.165) is 6.42 Å².